The molecule has 0 spiro atoms. The van der Waals surface area contributed by atoms with E-state index in [1.165, 1.54) is 0 Å². The van der Waals surface area contributed by atoms with E-state index < -0.39 is 77.9 Å². The lowest BCUT2D eigenvalue weighted by Gasteiger charge is -2.35. The van der Waals surface area contributed by atoms with Gasteiger partial charge in [0.25, 0.3) is 17.7 Å². The second-order valence-electron chi connectivity index (χ2n) is 15.5. The number of benzene rings is 3. The second-order valence-corrected chi connectivity index (χ2v) is 15.5. The molecule has 3 aromatic rings. The Morgan fingerprint density at radius 2 is 1.31 bits per heavy atom. The number of hydrogen-bond acceptors (Lipinski definition) is 9. The molecule has 0 saturated heterocycles. The van der Waals surface area contributed by atoms with Gasteiger partial charge in [-0.05, 0) is 60.8 Å². The van der Waals surface area contributed by atoms with E-state index in [2.05, 4.69) is 21.3 Å². The van der Waals surface area contributed by atoms with Gasteiger partial charge in [0, 0.05) is 0 Å². The lowest BCUT2D eigenvalue weighted by atomic mass is 9.82. The van der Waals surface area contributed by atoms with Gasteiger partial charge in [-0.25, -0.2) is 4.79 Å². The third kappa shape index (κ3) is 11.5. The molecule has 1 aliphatic heterocycles. The Balaban J connectivity index is 1.23. The summed E-state index contributed by atoms with van der Waals surface area (Å²) in [4.78, 5) is 109. The molecule has 3 aromatic carbocycles. The van der Waals surface area contributed by atoms with Crippen molar-refractivity contribution in [1.29, 1.82) is 0 Å². The summed E-state index contributed by atoms with van der Waals surface area (Å²) in [5.41, 5.74) is 1.64. The minimum Gasteiger partial charge on any atom is -0.459 e. The molecule has 14 heteroatoms. The van der Waals surface area contributed by atoms with Crippen molar-refractivity contribution in [3.05, 3.63) is 107 Å². The first-order valence-electron chi connectivity index (χ1n) is 20.3. The maximum Gasteiger partial charge on any atom is 0.333 e. The van der Waals surface area contributed by atoms with Crippen LogP contribution in [-0.2, 0) is 40.1 Å². The van der Waals surface area contributed by atoms with Crippen LogP contribution in [0.5, 0.6) is 0 Å². The Kier molecular flexibility index (Phi) is 15.6. The molecule has 0 aromatic heterocycles. The van der Waals surface area contributed by atoms with Crippen molar-refractivity contribution in [1.82, 2.24) is 26.2 Å². The molecular weight excluding hydrogens is 755 g/mol. The number of fused-ring (bicyclic) bond motifs is 1. The van der Waals surface area contributed by atoms with Crippen LogP contribution >= 0.6 is 0 Å². The highest BCUT2D eigenvalue weighted by Gasteiger charge is 2.47. The molecule has 5 rings (SSSR count). The van der Waals surface area contributed by atoms with Crippen molar-refractivity contribution in [3.8, 4) is 0 Å². The predicted octanol–water partition coefficient (Wildman–Crippen LogP) is 4.33. The summed E-state index contributed by atoms with van der Waals surface area (Å²) in [6.45, 7) is 4.80. The van der Waals surface area contributed by atoms with Gasteiger partial charge < -0.3 is 26.0 Å². The third-order valence-electron chi connectivity index (χ3n) is 10.6. The van der Waals surface area contributed by atoms with Gasteiger partial charge >= 0.3 is 5.97 Å². The standard InChI is InChI=1S/C45H53N5O9/c1-4-16-34(39(52)42(55)46-26-36(51)49-37(30-19-10-6-11-20-30)45(58)59-27-29-17-8-5-9-18-29)47-40(53)35(25-28(2)3)48-41(54)38(31-21-12-7-13-22-31)50-43(56)32-23-14-15-24-33(32)44(50)57/h5-6,8-11,14-15,17-20,23-24,28,31,34-35,37-38H,4,7,12-13,16,21-22,25-27H2,1-3H3,(H,46,55)(H,47,53)(H,48,54)(H,49,51)/t34?,35-,37-,38-/m0/s1. The monoisotopic (exact) mass is 807 g/mol. The highest BCUT2D eigenvalue weighted by Crippen LogP contribution is 2.34. The molecule has 0 radical (unpaired) electrons. The highest BCUT2D eigenvalue weighted by atomic mass is 16.5. The molecule has 1 aliphatic carbocycles. The SMILES string of the molecule is CCCC(NC(=O)[C@H](CC(C)C)NC(=O)[C@H](C1CCCCC1)N1C(=O)c2ccccc2C1=O)C(=O)C(=O)NCC(=O)N[C@H](C(=O)OCc1ccccc1)c1ccccc1. The van der Waals surface area contributed by atoms with Gasteiger partial charge in [0.15, 0.2) is 6.04 Å². The Morgan fingerprint density at radius 1 is 0.729 bits per heavy atom. The highest BCUT2D eigenvalue weighted by molar-refractivity contribution is 6.38. The van der Waals surface area contributed by atoms with E-state index in [0.717, 1.165) is 29.7 Å². The smallest absolute Gasteiger partial charge is 0.333 e. The van der Waals surface area contributed by atoms with Gasteiger partial charge in [0.2, 0.25) is 23.5 Å². The number of ether oxygens (including phenoxy) is 1. The van der Waals surface area contributed by atoms with Crippen LogP contribution in [-0.4, -0.2) is 76.8 Å². The van der Waals surface area contributed by atoms with Gasteiger partial charge in [-0.1, -0.05) is 119 Å². The van der Waals surface area contributed by atoms with Crippen molar-refractivity contribution in [2.45, 2.75) is 103 Å². The first kappa shape index (κ1) is 43.9. The van der Waals surface area contributed by atoms with E-state index in [9.17, 15) is 38.4 Å². The summed E-state index contributed by atoms with van der Waals surface area (Å²) >= 11 is 0. The lowest BCUT2D eigenvalue weighted by molar-refractivity contribution is -0.149. The first-order chi connectivity index (χ1) is 28.4. The summed E-state index contributed by atoms with van der Waals surface area (Å²) < 4.78 is 5.47. The largest absolute Gasteiger partial charge is 0.459 e. The van der Waals surface area contributed by atoms with Crippen LogP contribution < -0.4 is 21.3 Å². The maximum atomic E-state index is 14.2. The number of hydrogen-bond donors (Lipinski definition) is 4. The van der Waals surface area contributed by atoms with Crippen molar-refractivity contribution >= 4 is 47.2 Å². The molecule has 1 saturated carbocycles. The number of esters is 1. The van der Waals surface area contributed by atoms with E-state index in [0.29, 0.717) is 24.8 Å². The van der Waals surface area contributed by atoms with Crippen LogP contribution in [0.15, 0.2) is 84.9 Å². The van der Waals surface area contributed by atoms with Crippen LogP contribution in [0.25, 0.3) is 0 Å². The van der Waals surface area contributed by atoms with E-state index in [1.54, 1.807) is 85.8 Å². The molecule has 6 amide bonds. The zero-order chi connectivity index (χ0) is 42.5. The van der Waals surface area contributed by atoms with Crippen LogP contribution in [0.4, 0.5) is 0 Å². The Hall–Kier alpha value is -6.18. The van der Waals surface area contributed by atoms with Gasteiger partial charge in [-0.3, -0.25) is 38.5 Å². The van der Waals surface area contributed by atoms with Crippen LogP contribution in [0.2, 0.25) is 0 Å². The molecule has 312 valence electrons. The quantitative estimate of drug-likeness (QED) is 0.0774. The summed E-state index contributed by atoms with van der Waals surface area (Å²) in [5, 5.41) is 10.3. The van der Waals surface area contributed by atoms with Crippen molar-refractivity contribution < 1.29 is 43.1 Å². The normalized spacial score (nSPS) is 16.0. The number of imide groups is 1. The predicted molar refractivity (Wildman–Crippen MR) is 217 cm³/mol. The van der Waals surface area contributed by atoms with Crippen molar-refractivity contribution in [2.24, 2.45) is 11.8 Å². The van der Waals surface area contributed by atoms with E-state index in [-0.39, 0.29) is 42.4 Å². The number of nitrogens with one attached hydrogen (secondary N) is 4. The average molecular weight is 808 g/mol. The van der Waals surface area contributed by atoms with E-state index in [4.69, 9.17) is 4.74 Å². The Morgan fingerprint density at radius 3 is 1.90 bits per heavy atom. The Bertz CT molecular complexity index is 1960. The van der Waals surface area contributed by atoms with Crippen LogP contribution in [0.3, 0.4) is 0 Å². The van der Waals surface area contributed by atoms with Crippen LogP contribution in [0, 0.1) is 11.8 Å². The molecule has 1 heterocycles. The maximum absolute atomic E-state index is 14.2. The topological polar surface area (TPSA) is 197 Å². The lowest BCUT2D eigenvalue weighted by Crippen LogP contribution is -2.59. The number of amides is 6. The van der Waals surface area contributed by atoms with Crippen LogP contribution in [0.1, 0.15) is 110 Å². The second kappa shape index (κ2) is 21.0. The minimum absolute atomic E-state index is 0.0238. The summed E-state index contributed by atoms with van der Waals surface area (Å²) in [6.07, 6.45) is 4.51. The molecule has 0 bridgehead atoms. The molecule has 1 unspecified atom stereocenters. The minimum atomic E-state index is -1.29. The van der Waals surface area contributed by atoms with E-state index >= 15 is 0 Å². The van der Waals surface area contributed by atoms with Gasteiger partial charge in [0.1, 0.15) is 18.7 Å². The van der Waals surface area contributed by atoms with Crippen molar-refractivity contribution in [3.63, 3.8) is 0 Å². The average Bonchev–Trinajstić information content (AvgIpc) is 3.49. The van der Waals surface area contributed by atoms with E-state index in [1.807, 2.05) is 19.9 Å². The molecule has 14 nitrogen and oxygen atoms in total. The summed E-state index contributed by atoms with van der Waals surface area (Å²) in [7, 11) is 0. The van der Waals surface area contributed by atoms with Crippen molar-refractivity contribution in [2.75, 3.05) is 6.54 Å². The van der Waals surface area contributed by atoms with Gasteiger partial charge in [0.05, 0.1) is 23.7 Å². The molecule has 2 aliphatic rings. The molecule has 1 fully saturated rings. The number of Topliss-reactive ketones (excluding diaryl/α,β-unsaturated/α-hetero) is 1. The Labute approximate surface area is 344 Å². The van der Waals surface area contributed by atoms with Gasteiger partial charge in [-0.15, -0.1) is 0 Å². The molecule has 4 N–H and O–H groups in total. The summed E-state index contributed by atoms with van der Waals surface area (Å²) in [6, 6.07) is 19.1. The number of rotatable bonds is 19. The fourth-order valence-electron chi connectivity index (χ4n) is 7.60. The summed E-state index contributed by atoms with van der Waals surface area (Å²) in [5.74, 6) is -6.52. The fourth-order valence-corrected chi connectivity index (χ4v) is 7.60. The fraction of sp³-hybridized carbons (Fsp3) is 0.422. The zero-order valence-corrected chi connectivity index (χ0v) is 33.7. The number of carbonyl (C=O) groups is 8. The number of nitrogens with zero attached hydrogens (tertiary/aromatic N) is 1. The number of ketones is 1. The first-order valence-corrected chi connectivity index (χ1v) is 20.3. The number of carbonyl (C=O) groups excluding carboxylic acids is 8. The molecule has 4 atom stereocenters. The third-order valence-corrected chi connectivity index (χ3v) is 10.6. The molecular formula is C45H53N5O9. The molecule has 59 heavy (non-hydrogen) atoms. The zero-order valence-electron chi connectivity index (χ0n) is 33.7. The van der Waals surface area contributed by atoms with Gasteiger partial charge in [-0.2, -0.15) is 0 Å².